The SMILES string of the molecule is C1CC2COC(c3noc(CCC4CCNC4)n3)CN2C1. The maximum atomic E-state index is 5.93. The normalized spacial score (nSPS) is 33.4. The van der Waals surface area contributed by atoms with Crippen LogP contribution in [0.25, 0.3) is 0 Å². The van der Waals surface area contributed by atoms with E-state index in [0.717, 1.165) is 56.7 Å². The zero-order valence-electron chi connectivity index (χ0n) is 12.5. The van der Waals surface area contributed by atoms with Gasteiger partial charge in [0.15, 0.2) is 0 Å². The Morgan fingerprint density at radius 3 is 3.24 bits per heavy atom. The van der Waals surface area contributed by atoms with Crippen LogP contribution in [0.4, 0.5) is 0 Å². The molecule has 4 heterocycles. The molecule has 0 amide bonds. The number of aromatic nitrogens is 2. The van der Waals surface area contributed by atoms with Crippen LogP contribution in [0.15, 0.2) is 4.52 Å². The maximum absolute atomic E-state index is 5.93. The van der Waals surface area contributed by atoms with Crippen LogP contribution in [-0.4, -0.2) is 53.9 Å². The minimum absolute atomic E-state index is 0.00926. The molecule has 0 bridgehead atoms. The zero-order chi connectivity index (χ0) is 14.1. The fourth-order valence-corrected chi connectivity index (χ4v) is 3.76. The molecule has 3 fully saturated rings. The highest BCUT2D eigenvalue weighted by atomic mass is 16.5. The first-order valence-corrected chi connectivity index (χ1v) is 8.27. The molecule has 0 spiro atoms. The number of rotatable bonds is 4. The Hall–Kier alpha value is -0.980. The van der Waals surface area contributed by atoms with Crippen molar-refractivity contribution in [3.05, 3.63) is 11.7 Å². The number of hydrogen-bond donors (Lipinski definition) is 1. The summed E-state index contributed by atoms with van der Waals surface area (Å²) in [4.78, 5) is 7.07. The number of fused-ring (bicyclic) bond motifs is 1. The lowest BCUT2D eigenvalue weighted by Crippen LogP contribution is -2.42. The van der Waals surface area contributed by atoms with Gasteiger partial charge < -0.3 is 14.6 Å². The van der Waals surface area contributed by atoms with Gasteiger partial charge in [-0.05, 0) is 51.2 Å². The molecule has 0 aromatic carbocycles. The van der Waals surface area contributed by atoms with E-state index in [4.69, 9.17) is 9.26 Å². The summed E-state index contributed by atoms with van der Waals surface area (Å²) in [5.41, 5.74) is 0. The first-order chi connectivity index (χ1) is 10.4. The summed E-state index contributed by atoms with van der Waals surface area (Å²) in [7, 11) is 0. The molecule has 3 atom stereocenters. The lowest BCUT2D eigenvalue weighted by molar-refractivity contribution is -0.0548. The predicted octanol–water partition coefficient (Wildman–Crippen LogP) is 1.15. The summed E-state index contributed by atoms with van der Waals surface area (Å²) in [5.74, 6) is 2.26. The van der Waals surface area contributed by atoms with Crippen LogP contribution in [0.3, 0.4) is 0 Å². The molecule has 3 saturated heterocycles. The lowest BCUT2D eigenvalue weighted by atomic mass is 10.0. The second-order valence-corrected chi connectivity index (χ2v) is 6.56. The zero-order valence-corrected chi connectivity index (χ0v) is 12.5. The number of ether oxygens (including phenoxy) is 1. The first kappa shape index (κ1) is 13.7. The van der Waals surface area contributed by atoms with Gasteiger partial charge >= 0.3 is 0 Å². The molecular formula is C15H24N4O2. The van der Waals surface area contributed by atoms with Gasteiger partial charge in [-0.1, -0.05) is 5.16 Å². The van der Waals surface area contributed by atoms with E-state index in [9.17, 15) is 0 Å². The van der Waals surface area contributed by atoms with Gasteiger partial charge in [-0.15, -0.1) is 0 Å². The Morgan fingerprint density at radius 2 is 2.33 bits per heavy atom. The van der Waals surface area contributed by atoms with E-state index in [0.29, 0.717) is 6.04 Å². The third kappa shape index (κ3) is 2.98. The van der Waals surface area contributed by atoms with E-state index >= 15 is 0 Å². The van der Waals surface area contributed by atoms with Gasteiger partial charge in [0, 0.05) is 19.0 Å². The van der Waals surface area contributed by atoms with Crippen LogP contribution in [0.5, 0.6) is 0 Å². The third-order valence-electron chi connectivity index (χ3n) is 5.09. The number of nitrogens with zero attached hydrogens (tertiary/aromatic N) is 3. The van der Waals surface area contributed by atoms with Crippen LogP contribution in [0.1, 0.15) is 43.5 Å². The molecular weight excluding hydrogens is 268 g/mol. The quantitative estimate of drug-likeness (QED) is 0.898. The molecule has 21 heavy (non-hydrogen) atoms. The molecule has 1 N–H and O–H groups in total. The molecule has 3 aliphatic rings. The minimum atomic E-state index is -0.00926. The molecule has 116 valence electrons. The predicted molar refractivity (Wildman–Crippen MR) is 76.9 cm³/mol. The van der Waals surface area contributed by atoms with Gasteiger partial charge in [-0.25, -0.2) is 0 Å². The number of aryl methyl sites for hydroxylation is 1. The van der Waals surface area contributed by atoms with Crippen LogP contribution in [-0.2, 0) is 11.2 Å². The fraction of sp³-hybridized carbons (Fsp3) is 0.867. The molecule has 1 aromatic rings. The van der Waals surface area contributed by atoms with Gasteiger partial charge in [0.25, 0.3) is 0 Å². The summed E-state index contributed by atoms with van der Waals surface area (Å²) in [6.07, 6.45) is 5.83. The standard InChI is InChI=1S/C15H24N4O2/c1-2-12-10-20-13(9-19(12)7-1)15-17-14(21-18-15)4-3-11-5-6-16-8-11/h11-13,16H,1-10H2. The van der Waals surface area contributed by atoms with Crippen molar-refractivity contribution in [2.45, 2.75) is 44.2 Å². The largest absolute Gasteiger partial charge is 0.367 e. The Labute approximate surface area is 125 Å². The highest BCUT2D eigenvalue weighted by Gasteiger charge is 2.34. The molecule has 0 saturated carbocycles. The van der Waals surface area contributed by atoms with Crippen LogP contribution in [0, 0.1) is 5.92 Å². The number of morpholine rings is 1. The lowest BCUT2D eigenvalue weighted by Gasteiger charge is -2.33. The fourth-order valence-electron chi connectivity index (χ4n) is 3.76. The molecule has 4 rings (SSSR count). The maximum Gasteiger partial charge on any atom is 0.226 e. The van der Waals surface area contributed by atoms with E-state index in [-0.39, 0.29) is 6.10 Å². The number of nitrogens with one attached hydrogen (secondary N) is 1. The minimum Gasteiger partial charge on any atom is -0.367 e. The first-order valence-electron chi connectivity index (χ1n) is 8.27. The molecule has 0 aliphatic carbocycles. The second kappa shape index (κ2) is 6.02. The van der Waals surface area contributed by atoms with Gasteiger partial charge in [-0.3, -0.25) is 4.90 Å². The van der Waals surface area contributed by atoms with E-state index < -0.39 is 0 Å². The molecule has 6 nitrogen and oxygen atoms in total. The summed E-state index contributed by atoms with van der Waals surface area (Å²) in [6.45, 7) is 5.18. The van der Waals surface area contributed by atoms with Crippen LogP contribution < -0.4 is 5.32 Å². The Balaban J connectivity index is 1.33. The second-order valence-electron chi connectivity index (χ2n) is 6.56. The van der Waals surface area contributed by atoms with E-state index in [2.05, 4.69) is 20.4 Å². The average molecular weight is 292 g/mol. The smallest absolute Gasteiger partial charge is 0.226 e. The van der Waals surface area contributed by atoms with Crippen molar-refractivity contribution in [2.24, 2.45) is 5.92 Å². The molecule has 3 unspecified atom stereocenters. The summed E-state index contributed by atoms with van der Waals surface area (Å²) < 4.78 is 11.3. The monoisotopic (exact) mass is 292 g/mol. The van der Waals surface area contributed by atoms with Crippen LogP contribution >= 0.6 is 0 Å². The van der Waals surface area contributed by atoms with Gasteiger partial charge in [0.05, 0.1) is 6.61 Å². The highest BCUT2D eigenvalue weighted by Crippen LogP contribution is 2.29. The average Bonchev–Trinajstić information content (AvgIpc) is 3.25. The summed E-state index contributed by atoms with van der Waals surface area (Å²) in [6, 6.07) is 0.613. The van der Waals surface area contributed by atoms with E-state index in [1.54, 1.807) is 0 Å². The van der Waals surface area contributed by atoms with Crippen molar-refractivity contribution in [3.8, 4) is 0 Å². The van der Waals surface area contributed by atoms with Crippen molar-refractivity contribution in [2.75, 3.05) is 32.8 Å². The summed E-state index contributed by atoms with van der Waals surface area (Å²) in [5, 5.41) is 7.54. The van der Waals surface area contributed by atoms with E-state index in [1.807, 2.05) is 0 Å². The van der Waals surface area contributed by atoms with Gasteiger partial charge in [0.1, 0.15) is 6.10 Å². The molecule has 0 radical (unpaired) electrons. The van der Waals surface area contributed by atoms with Gasteiger partial charge in [-0.2, -0.15) is 4.98 Å². The van der Waals surface area contributed by atoms with Crippen molar-refractivity contribution in [1.29, 1.82) is 0 Å². The van der Waals surface area contributed by atoms with Crippen LogP contribution in [0.2, 0.25) is 0 Å². The number of hydrogen-bond acceptors (Lipinski definition) is 6. The van der Waals surface area contributed by atoms with E-state index in [1.165, 1.54) is 25.8 Å². The highest BCUT2D eigenvalue weighted by molar-refractivity contribution is 4.97. The van der Waals surface area contributed by atoms with Crippen molar-refractivity contribution >= 4 is 0 Å². The molecule has 6 heteroatoms. The van der Waals surface area contributed by atoms with Gasteiger partial charge in [0.2, 0.25) is 11.7 Å². The Kier molecular flexibility index (Phi) is 3.92. The third-order valence-corrected chi connectivity index (χ3v) is 5.09. The topological polar surface area (TPSA) is 63.4 Å². The molecule has 3 aliphatic heterocycles. The summed E-state index contributed by atoms with van der Waals surface area (Å²) >= 11 is 0. The Bertz CT molecular complexity index is 472. The van der Waals surface area contributed by atoms with Crippen molar-refractivity contribution in [3.63, 3.8) is 0 Å². The van der Waals surface area contributed by atoms with Crippen molar-refractivity contribution in [1.82, 2.24) is 20.4 Å². The van der Waals surface area contributed by atoms with Crippen molar-refractivity contribution < 1.29 is 9.26 Å². The molecule has 1 aromatic heterocycles. The Morgan fingerprint density at radius 1 is 1.33 bits per heavy atom.